The van der Waals surface area contributed by atoms with Crippen LogP contribution in [0.3, 0.4) is 0 Å². The third-order valence-electron chi connectivity index (χ3n) is 3.37. The number of aryl methyl sites for hydroxylation is 1. The number of rotatable bonds is 4. The van der Waals surface area contributed by atoms with Crippen LogP contribution in [0.4, 0.5) is 5.82 Å². The lowest BCUT2D eigenvalue weighted by Gasteiger charge is -2.00. The van der Waals surface area contributed by atoms with Crippen molar-refractivity contribution in [3.05, 3.63) is 95.2 Å². The van der Waals surface area contributed by atoms with Gasteiger partial charge < -0.3 is 0 Å². The highest BCUT2D eigenvalue weighted by Gasteiger charge is 1.97. The Hall–Kier alpha value is -3.00. The Morgan fingerprint density at radius 3 is 2.13 bits per heavy atom. The molecule has 0 atom stereocenters. The van der Waals surface area contributed by atoms with Crippen LogP contribution in [0.1, 0.15) is 22.4 Å². The molecule has 0 saturated heterocycles. The highest BCUT2D eigenvalue weighted by atomic mass is 14.9. The van der Waals surface area contributed by atoms with Gasteiger partial charge in [-0.3, -0.25) is 0 Å². The van der Waals surface area contributed by atoms with Crippen molar-refractivity contribution in [1.82, 2.24) is 4.98 Å². The molecule has 1 heterocycles. The van der Waals surface area contributed by atoms with Crippen LogP contribution in [0.5, 0.6) is 0 Å². The molecule has 0 fully saturated rings. The fraction of sp³-hybridized carbons (Fsp3) is 0.0476. The van der Waals surface area contributed by atoms with Gasteiger partial charge in [0.1, 0.15) is 0 Å². The SMILES string of the molecule is Cc1cc(/C=C/c2ccccc2)nc(/N=C/c2ccccc2)c1. The summed E-state index contributed by atoms with van der Waals surface area (Å²) in [6.07, 6.45) is 5.92. The first-order valence-corrected chi connectivity index (χ1v) is 7.60. The molecule has 0 radical (unpaired) electrons. The average Bonchev–Trinajstić information content (AvgIpc) is 2.60. The summed E-state index contributed by atoms with van der Waals surface area (Å²) in [6.45, 7) is 2.06. The summed E-state index contributed by atoms with van der Waals surface area (Å²) < 4.78 is 0. The van der Waals surface area contributed by atoms with Crippen LogP contribution in [0.25, 0.3) is 12.2 Å². The molecule has 0 amide bonds. The second-order valence-electron chi connectivity index (χ2n) is 5.34. The van der Waals surface area contributed by atoms with Gasteiger partial charge in [-0.05, 0) is 41.8 Å². The maximum atomic E-state index is 4.58. The van der Waals surface area contributed by atoms with Crippen LogP contribution >= 0.6 is 0 Å². The van der Waals surface area contributed by atoms with Gasteiger partial charge in [-0.15, -0.1) is 0 Å². The van der Waals surface area contributed by atoms with Gasteiger partial charge in [0.2, 0.25) is 0 Å². The molecule has 3 aromatic rings. The van der Waals surface area contributed by atoms with Crippen LogP contribution in [-0.2, 0) is 0 Å². The second-order valence-corrected chi connectivity index (χ2v) is 5.34. The Labute approximate surface area is 136 Å². The third kappa shape index (κ3) is 4.48. The van der Waals surface area contributed by atoms with E-state index in [0.717, 1.165) is 28.2 Å². The van der Waals surface area contributed by atoms with Crippen LogP contribution in [0.15, 0.2) is 77.8 Å². The molecule has 2 heteroatoms. The van der Waals surface area contributed by atoms with Gasteiger partial charge in [-0.2, -0.15) is 0 Å². The molecule has 3 rings (SSSR count). The summed E-state index contributed by atoms with van der Waals surface area (Å²) in [6, 6.07) is 24.3. The van der Waals surface area contributed by atoms with Gasteiger partial charge in [0.25, 0.3) is 0 Å². The number of aliphatic imine (C=N–C) groups is 1. The summed E-state index contributed by atoms with van der Waals surface area (Å²) in [5.74, 6) is 0.724. The van der Waals surface area contributed by atoms with Crippen molar-refractivity contribution in [3.63, 3.8) is 0 Å². The van der Waals surface area contributed by atoms with Crippen molar-refractivity contribution >= 4 is 24.2 Å². The number of hydrogen-bond acceptors (Lipinski definition) is 2. The van der Waals surface area contributed by atoms with Gasteiger partial charge in [-0.25, -0.2) is 9.98 Å². The van der Waals surface area contributed by atoms with Crippen LogP contribution in [-0.4, -0.2) is 11.2 Å². The van der Waals surface area contributed by atoms with E-state index in [1.807, 2.05) is 66.9 Å². The third-order valence-corrected chi connectivity index (χ3v) is 3.37. The molecule has 0 aliphatic rings. The zero-order chi connectivity index (χ0) is 15.9. The highest BCUT2D eigenvalue weighted by molar-refractivity contribution is 5.81. The molecule has 2 nitrogen and oxygen atoms in total. The summed E-state index contributed by atoms with van der Waals surface area (Å²) in [5.41, 5.74) is 4.28. The van der Waals surface area contributed by atoms with Crippen LogP contribution < -0.4 is 0 Å². The maximum absolute atomic E-state index is 4.58. The average molecular weight is 298 g/mol. The van der Waals surface area contributed by atoms with E-state index in [0.29, 0.717) is 0 Å². The fourth-order valence-corrected chi connectivity index (χ4v) is 2.25. The van der Waals surface area contributed by atoms with Crippen molar-refractivity contribution in [2.24, 2.45) is 4.99 Å². The van der Waals surface area contributed by atoms with E-state index in [1.165, 1.54) is 0 Å². The number of benzene rings is 2. The fourth-order valence-electron chi connectivity index (χ4n) is 2.25. The summed E-state index contributed by atoms with van der Waals surface area (Å²) in [4.78, 5) is 9.06. The van der Waals surface area contributed by atoms with Crippen LogP contribution in [0.2, 0.25) is 0 Å². The van der Waals surface area contributed by atoms with E-state index in [2.05, 4.69) is 41.2 Å². The Bertz CT molecular complexity index is 751. The van der Waals surface area contributed by atoms with Gasteiger partial charge in [0.15, 0.2) is 5.82 Å². The molecule has 0 unspecified atom stereocenters. The minimum absolute atomic E-state index is 0.724. The minimum atomic E-state index is 0.724. The smallest absolute Gasteiger partial charge is 0.152 e. The van der Waals surface area contributed by atoms with Gasteiger partial charge in [0, 0.05) is 6.21 Å². The predicted octanol–water partition coefficient (Wildman–Crippen LogP) is 5.31. The zero-order valence-corrected chi connectivity index (χ0v) is 13.1. The Morgan fingerprint density at radius 2 is 1.43 bits per heavy atom. The predicted molar refractivity (Wildman–Crippen MR) is 98.0 cm³/mol. The van der Waals surface area contributed by atoms with E-state index < -0.39 is 0 Å². The summed E-state index contributed by atoms with van der Waals surface area (Å²) in [7, 11) is 0. The van der Waals surface area contributed by atoms with Crippen molar-refractivity contribution in [2.75, 3.05) is 0 Å². The maximum Gasteiger partial charge on any atom is 0.152 e. The van der Waals surface area contributed by atoms with Crippen molar-refractivity contribution in [1.29, 1.82) is 0 Å². The van der Waals surface area contributed by atoms with Crippen molar-refractivity contribution in [3.8, 4) is 0 Å². The monoisotopic (exact) mass is 298 g/mol. The van der Waals surface area contributed by atoms with E-state index >= 15 is 0 Å². The molecule has 0 aliphatic heterocycles. The van der Waals surface area contributed by atoms with E-state index in [1.54, 1.807) is 0 Å². The molecule has 0 saturated carbocycles. The molecule has 0 aliphatic carbocycles. The lowest BCUT2D eigenvalue weighted by molar-refractivity contribution is 1.23. The molecule has 0 bridgehead atoms. The summed E-state index contributed by atoms with van der Waals surface area (Å²) in [5, 5.41) is 0. The summed E-state index contributed by atoms with van der Waals surface area (Å²) >= 11 is 0. The number of hydrogen-bond donors (Lipinski definition) is 0. The van der Waals surface area contributed by atoms with Crippen LogP contribution in [0, 0.1) is 6.92 Å². The van der Waals surface area contributed by atoms with E-state index in [-0.39, 0.29) is 0 Å². The lowest BCUT2D eigenvalue weighted by Crippen LogP contribution is -1.85. The quantitative estimate of drug-likeness (QED) is 0.599. The molecule has 0 spiro atoms. The largest absolute Gasteiger partial charge is 0.237 e. The highest BCUT2D eigenvalue weighted by Crippen LogP contribution is 2.15. The Kier molecular flexibility index (Phi) is 4.75. The molecular formula is C21H18N2. The first-order valence-electron chi connectivity index (χ1n) is 7.60. The lowest BCUT2D eigenvalue weighted by atomic mass is 10.2. The minimum Gasteiger partial charge on any atom is -0.237 e. The molecule has 23 heavy (non-hydrogen) atoms. The van der Waals surface area contributed by atoms with Crippen molar-refractivity contribution in [2.45, 2.75) is 6.92 Å². The standard InChI is InChI=1S/C21H18N2/c1-17-14-20(13-12-18-8-4-2-5-9-18)23-21(15-17)22-16-19-10-6-3-7-11-19/h2-16H,1H3/b13-12+,22-16+. The van der Waals surface area contributed by atoms with E-state index in [4.69, 9.17) is 0 Å². The second kappa shape index (κ2) is 7.32. The zero-order valence-electron chi connectivity index (χ0n) is 13.1. The van der Waals surface area contributed by atoms with Crippen molar-refractivity contribution < 1.29 is 0 Å². The number of nitrogens with zero attached hydrogens (tertiary/aromatic N) is 2. The number of pyridine rings is 1. The van der Waals surface area contributed by atoms with Gasteiger partial charge in [-0.1, -0.05) is 66.7 Å². The van der Waals surface area contributed by atoms with Gasteiger partial charge in [0.05, 0.1) is 5.69 Å². The normalized spacial score (nSPS) is 11.3. The molecule has 112 valence electrons. The first-order chi connectivity index (χ1) is 11.3. The van der Waals surface area contributed by atoms with Gasteiger partial charge >= 0.3 is 0 Å². The first kappa shape index (κ1) is 14.9. The molecule has 1 aromatic heterocycles. The molecular weight excluding hydrogens is 280 g/mol. The number of aromatic nitrogens is 1. The Balaban J connectivity index is 1.82. The Morgan fingerprint density at radius 1 is 0.783 bits per heavy atom. The molecule has 0 N–H and O–H groups in total. The molecule has 2 aromatic carbocycles. The van der Waals surface area contributed by atoms with E-state index in [9.17, 15) is 0 Å². The topological polar surface area (TPSA) is 25.2 Å².